The number of hydrogen-bond acceptors (Lipinski definition) is 2. The molecule has 0 bridgehead atoms. The van der Waals surface area contributed by atoms with Crippen LogP contribution in [0.15, 0.2) is 42.6 Å². The molecule has 4 heteroatoms. The van der Waals surface area contributed by atoms with Gasteiger partial charge >= 0.3 is 0 Å². The predicted octanol–water partition coefficient (Wildman–Crippen LogP) is 3.05. The summed E-state index contributed by atoms with van der Waals surface area (Å²) in [6, 6.07) is 12.6. The molecule has 0 aliphatic rings. The molecule has 0 unspecified atom stereocenters. The van der Waals surface area contributed by atoms with E-state index >= 15 is 0 Å². The third-order valence-corrected chi connectivity index (χ3v) is 2.89. The summed E-state index contributed by atoms with van der Waals surface area (Å²) in [6.07, 6.45) is 4.25. The van der Waals surface area contributed by atoms with Crippen molar-refractivity contribution in [3.05, 3.63) is 53.9 Å². The van der Waals surface area contributed by atoms with Crippen molar-refractivity contribution in [3.63, 3.8) is 0 Å². The fraction of sp³-hybridized carbons (Fsp3) is 0.400. The van der Waals surface area contributed by atoms with Gasteiger partial charge in [-0.3, -0.25) is 4.68 Å². The zero-order valence-electron chi connectivity index (χ0n) is 11.4. The molecule has 0 atom stereocenters. The Bertz CT molecular complexity index is 453. The molecule has 2 aromatic rings. The molecule has 0 saturated heterocycles. The lowest BCUT2D eigenvalue weighted by atomic mass is 10.1. The van der Waals surface area contributed by atoms with Gasteiger partial charge in [-0.1, -0.05) is 37.3 Å². The summed E-state index contributed by atoms with van der Waals surface area (Å²) in [6.45, 7) is 5.01. The lowest BCUT2D eigenvalue weighted by Crippen LogP contribution is -2.17. The number of nitrogens with zero attached hydrogens (tertiary/aromatic N) is 2. The molecule has 1 heterocycles. The molecule has 0 spiro atoms. The summed E-state index contributed by atoms with van der Waals surface area (Å²) in [5.41, 5.74) is 2.50. The number of hydrogen-bond donors (Lipinski definition) is 1. The van der Waals surface area contributed by atoms with E-state index in [1.165, 1.54) is 5.56 Å². The Labute approximate surface area is 121 Å². The van der Waals surface area contributed by atoms with Gasteiger partial charge in [0.25, 0.3) is 0 Å². The van der Waals surface area contributed by atoms with E-state index in [0.717, 1.165) is 38.2 Å². The second-order valence-electron chi connectivity index (χ2n) is 4.48. The third-order valence-electron chi connectivity index (χ3n) is 2.89. The molecule has 1 aromatic heterocycles. The van der Waals surface area contributed by atoms with E-state index in [1.54, 1.807) is 0 Å². The molecule has 1 N–H and O–H groups in total. The highest BCUT2D eigenvalue weighted by Crippen LogP contribution is 1.99. The molecule has 1 aromatic carbocycles. The normalized spacial score (nSPS) is 10.2. The van der Waals surface area contributed by atoms with Gasteiger partial charge in [0.1, 0.15) is 0 Å². The minimum atomic E-state index is 0. The lowest BCUT2D eigenvalue weighted by Gasteiger charge is -2.03. The zero-order chi connectivity index (χ0) is 12.6. The first kappa shape index (κ1) is 15.7. The van der Waals surface area contributed by atoms with Gasteiger partial charge < -0.3 is 5.32 Å². The minimum absolute atomic E-state index is 0. The van der Waals surface area contributed by atoms with Gasteiger partial charge in [-0.25, -0.2) is 0 Å². The van der Waals surface area contributed by atoms with E-state index in [9.17, 15) is 0 Å². The fourth-order valence-corrected chi connectivity index (χ4v) is 1.95. The van der Waals surface area contributed by atoms with Crippen molar-refractivity contribution in [3.8, 4) is 0 Å². The Morgan fingerprint density at radius 3 is 2.68 bits per heavy atom. The number of aromatic nitrogens is 2. The van der Waals surface area contributed by atoms with Crippen molar-refractivity contribution < 1.29 is 0 Å². The average molecular weight is 280 g/mol. The standard InChI is InChI=1S/C15H21N3.ClH/c1-2-11-18-12-9-15(17-18)13-16-10-8-14-6-4-3-5-7-14;/h3-7,9,12,16H,2,8,10-11,13H2,1H3;1H. The van der Waals surface area contributed by atoms with Crippen LogP contribution in [0.3, 0.4) is 0 Å². The van der Waals surface area contributed by atoms with Crippen LogP contribution in [0.4, 0.5) is 0 Å². The third kappa shape index (κ3) is 5.45. The first-order chi connectivity index (χ1) is 8.88. The molecule has 0 saturated carbocycles. The number of benzene rings is 1. The van der Waals surface area contributed by atoms with E-state index in [2.05, 4.69) is 59.9 Å². The van der Waals surface area contributed by atoms with Crippen LogP contribution in [0.2, 0.25) is 0 Å². The highest BCUT2D eigenvalue weighted by molar-refractivity contribution is 5.85. The van der Waals surface area contributed by atoms with Gasteiger partial charge in [0.05, 0.1) is 5.69 Å². The summed E-state index contributed by atoms with van der Waals surface area (Å²) < 4.78 is 2.01. The molecular formula is C15H22ClN3. The van der Waals surface area contributed by atoms with Crippen LogP contribution >= 0.6 is 12.4 Å². The summed E-state index contributed by atoms with van der Waals surface area (Å²) >= 11 is 0. The van der Waals surface area contributed by atoms with Gasteiger partial charge in [-0.2, -0.15) is 5.10 Å². The van der Waals surface area contributed by atoms with E-state index < -0.39 is 0 Å². The van der Waals surface area contributed by atoms with Crippen LogP contribution < -0.4 is 5.32 Å². The predicted molar refractivity (Wildman–Crippen MR) is 81.6 cm³/mol. The van der Waals surface area contributed by atoms with Crippen LogP contribution in [0.1, 0.15) is 24.6 Å². The SMILES string of the molecule is CCCn1ccc(CNCCc2ccccc2)n1.Cl. The molecule has 19 heavy (non-hydrogen) atoms. The second-order valence-corrected chi connectivity index (χ2v) is 4.48. The van der Waals surface area contributed by atoms with Gasteiger partial charge in [0.2, 0.25) is 0 Å². The molecule has 0 amide bonds. The van der Waals surface area contributed by atoms with E-state index in [4.69, 9.17) is 0 Å². The van der Waals surface area contributed by atoms with Crippen LogP contribution in [-0.2, 0) is 19.5 Å². The van der Waals surface area contributed by atoms with Gasteiger partial charge in [0.15, 0.2) is 0 Å². The first-order valence-electron chi connectivity index (χ1n) is 6.65. The monoisotopic (exact) mass is 279 g/mol. The largest absolute Gasteiger partial charge is 0.311 e. The van der Waals surface area contributed by atoms with Crippen molar-refractivity contribution in [2.75, 3.05) is 6.54 Å². The Balaban J connectivity index is 0.00000180. The number of aryl methyl sites for hydroxylation is 1. The number of halogens is 1. The molecule has 0 fully saturated rings. The molecule has 0 radical (unpaired) electrons. The van der Waals surface area contributed by atoms with Crippen molar-refractivity contribution in [2.45, 2.75) is 32.9 Å². The minimum Gasteiger partial charge on any atom is -0.311 e. The van der Waals surface area contributed by atoms with Crippen LogP contribution in [0.5, 0.6) is 0 Å². The van der Waals surface area contributed by atoms with Crippen LogP contribution in [0.25, 0.3) is 0 Å². The molecule has 2 rings (SSSR count). The molecule has 0 aliphatic heterocycles. The van der Waals surface area contributed by atoms with E-state index in [0.29, 0.717) is 0 Å². The Morgan fingerprint density at radius 1 is 1.16 bits per heavy atom. The lowest BCUT2D eigenvalue weighted by molar-refractivity contribution is 0.582. The van der Waals surface area contributed by atoms with Crippen molar-refractivity contribution in [1.82, 2.24) is 15.1 Å². The van der Waals surface area contributed by atoms with E-state index in [-0.39, 0.29) is 12.4 Å². The van der Waals surface area contributed by atoms with Crippen molar-refractivity contribution >= 4 is 12.4 Å². The Morgan fingerprint density at radius 2 is 1.95 bits per heavy atom. The summed E-state index contributed by atoms with van der Waals surface area (Å²) in [7, 11) is 0. The summed E-state index contributed by atoms with van der Waals surface area (Å²) in [5, 5.41) is 7.93. The zero-order valence-corrected chi connectivity index (χ0v) is 12.2. The molecular weight excluding hydrogens is 258 g/mol. The van der Waals surface area contributed by atoms with Crippen LogP contribution in [0, 0.1) is 0 Å². The van der Waals surface area contributed by atoms with Gasteiger partial charge in [0, 0.05) is 19.3 Å². The Hall–Kier alpha value is -1.32. The summed E-state index contributed by atoms with van der Waals surface area (Å²) in [4.78, 5) is 0. The maximum atomic E-state index is 4.50. The molecule has 3 nitrogen and oxygen atoms in total. The quantitative estimate of drug-likeness (QED) is 0.790. The highest BCUT2D eigenvalue weighted by Gasteiger charge is 1.98. The van der Waals surface area contributed by atoms with Crippen molar-refractivity contribution in [2.24, 2.45) is 0 Å². The topological polar surface area (TPSA) is 29.9 Å². The molecule has 104 valence electrons. The maximum Gasteiger partial charge on any atom is 0.0762 e. The highest BCUT2D eigenvalue weighted by atomic mass is 35.5. The number of nitrogens with one attached hydrogen (secondary N) is 1. The smallest absolute Gasteiger partial charge is 0.0762 e. The van der Waals surface area contributed by atoms with Gasteiger partial charge in [-0.05, 0) is 31.0 Å². The Kier molecular flexibility index (Phi) is 7.23. The first-order valence-corrected chi connectivity index (χ1v) is 6.65. The number of rotatable bonds is 7. The molecule has 0 aliphatic carbocycles. The van der Waals surface area contributed by atoms with Crippen molar-refractivity contribution in [1.29, 1.82) is 0 Å². The van der Waals surface area contributed by atoms with E-state index in [1.807, 2.05) is 4.68 Å². The average Bonchev–Trinajstić information content (AvgIpc) is 2.84. The summed E-state index contributed by atoms with van der Waals surface area (Å²) in [5.74, 6) is 0. The second kappa shape index (κ2) is 8.73. The van der Waals surface area contributed by atoms with Gasteiger partial charge in [-0.15, -0.1) is 12.4 Å². The fourth-order valence-electron chi connectivity index (χ4n) is 1.95. The van der Waals surface area contributed by atoms with Crippen LogP contribution in [-0.4, -0.2) is 16.3 Å². The maximum absolute atomic E-state index is 4.50.